The lowest BCUT2D eigenvalue weighted by atomic mass is 9.91. The Bertz CT molecular complexity index is 332. The molecule has 1 aliphatic rings. The lowest BCUT2D eigenvalue weighted by molar-refractivity contribution is -0.120. The number of aliphatic hydroxyl groups is 1. The summed E-state index contributed by atoms with van der Waals surface area (Å²) in [5.74, 6) is -0.0745. The lowest BCUT2D eigenvalue weighted by Crippen LogP contribution is -2.37. The summed E-state index contributed by atoms with van der Waals surface area (Å²) in [7, 11) is -3.32. The van der Waals surface area contributed by atoms with Gasteiger partial charge in [0.25, 0.3) is 0 Å². The normalized spacial score (nSPS) is 21.6. The zero-order valence-corrected chi connectivity index (χ0v) is 12.1. The second-order valence-corrected chi connectivity index (χ2v) is 7.80. The van der Waals surface area contributed by atoms with Crippen molar-refractivity contribution in [3.63, 3.8) is 0 Å². The molecule has 1 aliphatic carbocycles. The molecule has 1 saturated carbocycles. The van der Waals surface area contributed by atoms with E-state index in [1.54, 1.807) is 0 Å². The van der Waals surface area contributed by atoms with Crippen LogP contribution in [0.2, 0.25) is 0 Å². The Balaban J connectivity index is 2.31. The number of amides is 1. The second kappa shape index (κ2) is 8.00. The number of carbonyl (C=O) groups is 1. The molecule has 112 valence electrons. The van der Waals surface area contributed by atoms with Crippen molar-refractivity contribution in [2.45, 2.75) is 38.2 Å². The van der Waals surface area contributed by atoms with Gasteiger partial charge in [0.05, 0.1) is 18.8 Å². The van der Waals surface area contributed by atoms with Crippen LogP contribution in [-0.4, -0.2) is 47.4 Å². The summed E-state index contributed by atoms with van der Waals surface area (Å²) in [5, 5.41) is 12.1. The van der Waals surface area contributed by atoms with E-state index in [9.17, 15) is 19.4 Å². The third-order valence-corrected chi connectivity index (χ3v) is 5.56. The predicted octanol–water partition coefficient (Wildman–Crippen LogP) is 0.273. The quantitative estimate of drug-likeness (QED) is 0.503. The first-order valence-corrected chi connectivity index (χ1v) is 8.91. The van der Waals surface area contributed by atoms with Gasteiger partial charge in [0.15, 0.2) is 0 Å². The van der Waals surface area contributed by atoms with Crippen LogP contribution in [0.5, 0.6) is 0 Å². The van der Waals surface area contributed by atoms with Crippen molar-refractivity contribution in [2.24, 2.45) is 11.7 Å². The summed E-state index contributed by atoms with van der Waals surface area (Å²) >= 11 is 0. The van der Waals surface area contributed by atoms with Gasteiger partial charge in [-0.1, -0.05) is 19.3 Å². The Morgan fingerprint density at radius 3 is 2.58 bits per heavy atom. The first-order chi connectivity index (χ1) is 8.93. The Morgan fingerprint density at radius 2 is 2.00 bits per heavy atom. The van der Waals surface area contributed by atoms with Crippen LogP contribution in [-0.2, 0) is 9.36 Å². The van der Waals surface area contributed by atoms with Gasteiger partial charge >= 0.3 is 0 Å². The smallest absolute Gasteiger partial charge is 0.233 e. The van der Waals surface area contributed by atoms with Gasteiger partial charge in [-0.15, -0.1) is 0 Å². The number of nitrogens with one attached hydrogen (secondary N) is 1. The van der Waals surface area contributed by atoms with E-state index in [0.29, 0.717) is 5.92 Å². The van der Waals surface area contributed by atoms with Crippen LogP contribution >= 0.6 is 7.37 Å². The van der Waals surface area contributed by atoms with Gasteiger partial charge in [-0.25, -0.2) is 0 Å². The van der Waals surface area contributed by atoms with E-state index in [2.05, 4.69) is 5.32 Å². The van der Waals surface area contributed by atoms with Crippen LogP contribution in [0.15, 0.2) is 0 Å². The number of aliphatic hydroxyl groups excluding tert-OH is 1. The highest BCUT2D eigenvalue weighted by molar-refractivity contribution is 7.58. The summed E-state index contributed by atoms with van der Waals surface area (Å²) in [6.45, 7) is -0.170. The summed E-state index contributed by atoms with van der Waals surface area (Å²) < 4.78 is 12.1. The Hall–Kier alpha value is -0.420. The summed E-state index contributed by atoms with van der Waals surface area (Å²) in [4.78, 5) is 20.8. The molecule has 0 aromatic rings. The highest BCUT2D eigenvalue weighted by Crippen LogP contribution is 2.45. The van der Waals surface area contributed by atoms with Crippen LogP contribution in [0.1, 0.15) is 32.1 Å². The standard InChI is InChI=1S/C12H25N2O4P/c13-6-12(16)14-7-11(15)9-19(17,18)8-10-4-2-1-3-5-10/h10-11,15H,1-9,13H2,(H,14,16)(H,17,18). The average Bonchev–Trinajstić information content (AvgIpc) is 2.36. The first-order valence-electron chi connectivity index (χ1n) is 6.88. The molecule has 1 amide bonds. The number of hydrogen-bond donors (Lipinski definition) is 4. The minimum Gasteiger partial charge on any atom is -0.391 e. The number of rotatable bonds is 7. The van der Waals surface area contributed by atoms with Gasteiger partial charge in [0.1, 0.15) is 0 Å². The van der Waals surface area contributed by atoms with E-state index in [4.69, 9.17) is 5.73 Å². The number of nitrogens with two attached hydrogens (primary N) is 1. The summed E-state index contributed by atoms with van der Waals surface area (Å²) in [6, 6.07) is 0. The van der Waals surface area contributed by atoms with Gasteiger partial charge < -0.3 is 21.1 Å². The fraction of sp³-hybridized carbons (Fsp3) is 0.917. The van der Waals surface area contributed by atoms with Crippen molar-refractivity contribution in [2.75, 3.05) is 25.4 Å². The molecule has 7 heteroatoms. The molecule has 1 fully saturated rings. The molecule has 0 heterocycles. The van der Waals surface area contributed by atoms with Crippen LogP contribution in [0, 0.1) is 5.92 Å². The third-order valence-electron chi connectivity index (χ3n) is 3.48. The molecule has 2 unspecified atom stereocenters. The highest BCUT2D eigenvalue weighted by Gasteiger charge is 2.28. The maximum absolute atomic E-state index is 12.1. The predicted molar refractivity (Wildman–Crippen MR) is 74.2 cm³/mol. The molecule has 0 saturated heterocycles. The van der Waals surface area contributed by atoms with E-state index in [1.165, 1.54) is 6.42 Å². The van der Waals surface area contributed by atoms with Crippen molar-refractivity contribution in [3.05, 3.63) is 0 Å². The monoisotopic (exact) mass is 292 g/mol. The SMILES string of the molecule is NCC(=O)NCC(O)CP(=O)(O)CC1CCCCC1. The molecule has 2 atom stereocenters. The Morgan fingerprint density at radius 1 is 1.37 bits per heavy atom. The molecule has 0 bridgehead atoms. The minimum atomic E-state index is -3.32. The first kappa shape index (κ1) is 16.6. The Kier molecular flexibility index (Phi) is 7.00. The molecule has 0 aromatic heterocycles. The Labute approximate surface area is 114 Å². The van der Waals surface area contributed by atoms with Gasteiger partial charge in [-0.3, -0.25) is 9.36 Å². The molecule has 19 heavy (non-hydrogen) atoms. The third kappa shape index (κ3) is 7.06. The van der Waals surface area contributed by atoms with Crippen LogP contribution in [0.3, 0.4) is 0 Å². The van der Waals surface area contributed by atoms with Gasteiger partial charge in [0.2, 0.25) is 13.3 Å². The zero-order chi connectivity index (χ0) is 14.3. The van der Waals surface area contributed by atoms with Crippen molar-refractivity contribution in [1.29, 1.82) is 0 Å². The van der Waals surface area contributed by atoms with Gasteiger partial charge in [-0.2, -0.15) is 0 Å². The largest absolute Gasteiger partial charge is 0.391 e. The van der Waals surface area contributed by atoms with Gasteiger partial charge in [-0.05, 0) is 18.8 Å². The number of hydrogen-bond acceptors (Lipinski definition) is 4. The summed E-state index contributed by atoms with van der Waals surface area (Å²) in [5.41, 5.74) is 5.11. The molecule has 0 aliphatic heterocycles. The van der Waals surface area contributed by atoms with Crippen molar-refractivity contribution in [3.8, 4) is 0 Å². The fourth-order valence-corrected chi connectivity index (χ4v) is 4.65. The molecule has 0 spiro atoms. The number of carbonyl (C=O) groups excluding carboxylic acids is 1. The molecule has 0 radical (unpaired) electrons. The summed E-state index contributed by atoms with van der Waals surface area (Å²) in [6.07, 6.45) is 4.60. The van der Waals surface area contributed by atoms with Crippen molar-refractivity contribution >= 4 is 13.3 Å². The van der Waals surface area contributed by atoms with E-state index < -0.39 is 13.5 Å². The molecule has 0 aromatic carbocycles. The van der Waals surface area contributed by atoms with E-state index in [0.717, 1.165) is 25.7 Å². The molecule has 5 N–H and O–H groups in total. The van der Waals surface area contributed by atoms with E-state index in [-0.39, 0.29) is 31.3 Å². The minimum absolute atomic E-state index is 0.0226. The highest BCUT2D eigenvalue weighted by atomic mass is 31.2. The molecule has 1 rings (SSSR count). The maximum atomic E-state index is 12.1. The molecular weight excluding hydrogens is 267 g/mol. The van der Waals surface area contributed by atoms with Gasteiger partial charge in [0, 0.05) is 12.7 Å². The maximum Gasteiger partial charge on any atom is 0.233 e. The van der Waals surface area contributed by atoms with Crippen LogP contribution in [0.4, 0.5) is 0 Å². The van der Waals surface area contributed by atoms with Crippen molar-refractivity contribution in [1.82, 2.24) is 5.32 Å². The second-order valence-electron chi connectivity index (χ2n) is 5.38. The van der Waals surface area contributed by atoms with E-state index >= 15 is 0 Å². The van der Waals surface area contributed by atoms with Crippen LogP contribution < -0.4 is 11.1 Å². The average molecular weight is 292 g/mol. The lowest BCUT2D eigenvalue weighted by Gasteiger charge is -2.25. The van der Waals surface area contributed by atoms with Crippen LogP contribution in [0.25, 0.3) is 0 Å². The van der Waals surface area contributed by atoms with Crippen molar-refractivity contribution < 1.29 is 19.4 Å². The fourth-order valence-electron chi connectivity index (χ4n) is 2.55. The molecular formula is C12H25N2O4P. The molecule has 6 nitrogen and oxygen atoms in total. The topological polar surface area (TPSA) is 113 Å². The zero-order valence-electron chi connectivity index (χ0n) is 11.3. The van der Waals surface area contributed by atoms with E-state index in [1.807, 2.05) is 0 Å².